The van der Waals surface area contributed by atoms with E-state index >= 15 is 0 Å². The van der Waals surface area contributed by atoms with Gasteiger partial charge in [0.2, 0.25) is 11.8 Å². The highest BCUT2D eigenvalue weighted by atomic mass is 35.5. The third-order valence-electron chi connectivity index (χ3n) is 4.18. The summed E-state index contributed by atoms with van der Waals surface area (Å²) in [6, 6.07) is 7.45. The van der Waals surface area contributed by atoms with Crippen molar-refractivity contribution in [3.05, 3.63) is 34.9 Å². The van der Waals surface area contributed by atoms with Crippen LogP contribution in [0.5, 0.6) is 0 Å². The van der Waals surface area contributed by atoms with Gasteiger partial charge in [-0.1, -0.05) is 37.6 Å². The molecule has 0 saturated carbocycles. The van der Waals surface area contributed by atoms with Crippen LogP contribution in [0.4, 0.5) is 0 Å². The Hall–Kier alpha value is -1.55. The maximum absolute atomic E-state index is 12.8. The standard InChI is InChI=1S/C16H21ClN2O2/c1-3-16(4-2)15(21)19(10-9-14(20)18-16)11-12-5-7-13(17)8-6-12/h5-8H,3-4,9-11H2,1-2H3,(H,18,20). The summed E-state index contributed by atoms with van der Waals surface area (Å²) >= 11 is 5.88. The van der Waals surface area contributed by atoms with E-state index in [9.17, 15) is 9.59 Å². The van der Waals surface area contributed by atoms with E-state index in [1.165, 1.54) is 0 Å². The molecule has 1 saturated heterocycles. The van der Waals surface area contributed by atoms with Crippen LogP contribution in [0.1, 0.15) is 38.7 Å². The van der Waals surface area contributed by atoms with Gasteiger partial charge in [0.25, 0.3) is 0 Å². The molecule has 0 unspecified atom stereocenters. The molecule has 5 heteroatoms. The van der Waals surface area contributed by atoms with Crippen molar-refractivity contribution in [1.29, 1.82) is 0 Å². The Labute approximate surface area is 130 Å². The molecule has 1 heterocycles. The van der Waals surface area contributed by atoms with Gasteiger partial charge in [-0.2, -0.15) is 0 Å². The lowest BCUT2D eigenvalue weighted by Gasteiger charge is -2.33. The number of hydrogen-bond donors (Lipinski definition) is 1. The molecule has 1 aromatic carbocycles. The SMILES string of the molecule is CCC1(CC)NC(=O)CCN(Cc2ccc(Cl)cc2)C1=O. The van der Waals surface area contributed by atoms with Gasteiger partial charge in [-0.05, 0) is 30.5 Å². The second-order valence-corrected chi connectivity index (χ2v) is 5.88. The van der Waals surface area contributed by atoms with Crippen molar-refractivity contribution in [2.24, 2.45) is 0 Å². The molecule has 21 heavy (non-hydrogen) atoms. The lowest BCUT2D eigenvalue weighted by molar-refractivity contribution is -0.139. The molecule has 0 bridgehead atoms. The van der Waals surface area contributed by atoms with Crippen LogP contribution in [-0.4, -0.2) is 28.8 Å². The van der Waals surface area contributed by atoms with Crippen molar-refractivity contribution in [3.8, 4) is 0 Å². The van der Waals surface area contributed by atoms with Crippen LogP contribution in [0.3, 0.4) is 0 Å². The van der Waals surface area contributed by atoms with Crippen LogP contribution in [0, 0.1) is 0 Å². The molecule has 0 atom stereocenters. The number of benzene rings is 1. The van der Waals surface area contributed by atoms with Crippen molar-refractivity contribution in [3.63, 3.8) is 0 Å². The topological polar surface area (TPSA) is 49.4 Å². The van der Waals surface area contributed by atoms with Gasteiger partial charge in [-0.25, -0.2) is 0 Å². The largest absolute Gasteiger partial charge is 0.342 e. The van der Waals surface area contributed by atoms with E-state index in [2.05, 4.69) is 5.32 Å². The molecule has 1 aliphatic rings. The van der Waals surface area contributed by atoms with Crippen molar-refractivity contribution >= 4 is 23.4 Å². The molecular formula is C16H21ClN2O2. The summed E-state index contributed by atoms with van der Waals surface area (Å²) < 4.78 is 0. The van der Waals surface area contributed by atoms with E-state index < -0.39 is 5.54 Å². The van der Waals surface area contributed by atoms with E-state index in [-0.39, 0.29) is 11.8 Å². The van der Waals surface area contributed by atoms with E-state index in [1.807, 2.05) is 38.1 Å². The lowest BCUT2D eigenvalue weighted by atomic mass is 9.91. The maximum Gasteiger partial charge on any atom is 0.248 e. The normalized spacial score (nSPS) is 18.3. The summed E-state index contributed by atoms with van der Waals surface area (Å²) in [6.45, 7) is 4.84. The van der Waals surface area contributed by atoms with Crippen LogP contribution in [0.2, 0.25) is 5.02 Å². The van der Waals surface area contributed by atoms with Crippen LogP contribution >= 0.6 is 11.6 Å². The number of carbonyl (C=O) groups excluding carboxylic acids is 2. The molecule has 0 aliphatic carbocycles. The zero-order chi connectivity index (χ0) is 15.5. The van der Waals surface area contributed by atoms with E-state index in [4.69, 9.17) is 11.6 Å². The zero-order valence-corrected chi connectivity index (χ0v) is 13.2. The molecule has 1 aliphatic heterocycles. The second kappa shape index (κ2) is 6.48. The van der Waals surface area contributed by atoms with Crippen molar-refractivity contribution in [2.45, 2.75) is 45.2 Å². The number of carbonyl (C=O) groups is 2. The predicted octanol–water partition coefficient (Wildman–Crippen LogP) is 2.75. The minimum absolute atomic E-state index is 0.00769. The zero-order valence-electron chi connectivity index (χ0n) is 12.5. The van der Waals surface area contributed by atoms with Crippen LogP contribution in [0.25, 0.3) is 0 Å². The number of nitrogens with one attached hydrogen (secondary N) is 1. The molecular weight excluding hydrogens is 288 g/mol. The summed E-state index contributed by atoms with van der Waals surface area (Å²) in [4.78, 5) is 26.5. The fourth-order valence-electron chi connectivity index (χ4n) is 2.71. The second-order valence-electron chi connectivity index (χ2n) is 5.44. The third-order valence-corrected chi connectivity index (χ3v) is 4.43. The first-order valence-corrected chi connectivity index (χ1v) is 7.73. The van der Waals surface area contributed by atoms with Gasteiger partial charge >= 0.3 is 0 Å². The Kier molecular flexibility index (Phi) is 4.88. The minimum Gasteiger partial charge on any atom is -0.342 e. The molecule has 0 radical (unpaired) electrons. The first-order valence-electron chi connectivity index (χ1n) is 7.35. The summed E-state index contributed by atoms with van der Waals surface area (Å²) in [6.07, 6.45) is 1.55. The number of amides is 2. The number of halogens is 1. The monoisotopic (exact) mass is 308 g/mol. The van der Waals surface area contributed by atoms with Crippen LogP contribution in [-0.2, 0) is 16.1 Å². The first kappa shape index (κ1) is 15.8. The number of rotatable bonds is 4. The summed E-state index contributed by atoms with van der Waals surface area (Å²) in [7, 11) is 0. The van der Waals surface area contributed by atoms with Gasteiger partial charge in [-0.15, -0.1) is 0 Å². The predicted molar refractivity (Wildman–Crippen MR) is 82.9 cm³/mol. The molecule has 2 amide bonds. The first-order chi connectivity index (χ1) is 10.0. The smallest absolute Gasteiger partial charge is 0.248 e. The van der Waals surface area contributed by atoms with Gasteiger partial charge in [-0.3, -0.25) is 9.59 Å². The van der Waals surface area contributed by atoms with E-state index in [0.717, 1.165) is 5.56 Å². The van der Waals surface area contributed by atoms with Gasteiger partial charge in [0.1, 0.15) is 5.54 Å². The molecule has 2 rings (SSSR count). The quantitative estimate of drug-likeness (QED) is 0.930. The maximum atomic E-state index is 12.8. The third kappa shape index (κ3) is 3.38. The molecule has 0 aromatic heterocycles. The lowest BCUT2D eigenvalue weighted by Crippen LogP contribution is -2.56. The Morgan fingerprint density at radius 2 is 1.81 bits per heavy atom. The summed E-state index contributed by atoms with van der Waals surface area (Å²) in [5.74, 6) is -0.0426. The van der Waals surface area contributed by atoms with Gasteiger partial charge in [0.15, 0.2) is 0 Å². The van der Waals surface area contributed by atoms with E-state index in [1.54, 1.807) is 4.90 Å². The summed E-state index contributed by atoms with van der Waals surface area (Å²) in [5.41, 5.74) is 0.253. The molecule has 0 spiro atoms. The highest BCUT2D eigenvalue weighted by Gasteiger charge is 2.41. The Balaban J connectivity index is 2.23. The summed E-state index contributed by atoms with van der Waals surface area (Å²) in [5, 5.41) is 3.59. The van der Waals surface area contributed by atoms with Gasteiger partial charge < -0.3 is 10.2 Å². The average molecular weight is 309 g/mol. The Morgan fingerprint density at radius 1 is 1.19 bits per heavy atom. The highest BCUT2D eigenvalue weighted by molar-refractivity contribution is 6.30. The molecule has 4 nitrogen and oxygen atoms in total. The average Bonchev–Trinajstić information content (AvgIpc) is 2.61. The van der Waals surface area contributed by atoms with Gasteiger partial charge in [0.05, 0.1) is 0 Å². The molecule has 1 N–H and O–H groups in total. The highest BCUT2D eigenvalue weighted by Crippen LogP contribution is 2.23. The minimum atomic E-state index is -0.764. The Bertz CT molecular complexity index is 524. The van der Waals surface area contributed by atoms with Crippen molar-refractivity contribution < 1.29 is 9.59 Å². The van der Waals surface area contributed by atoms with Gasteiger partial charge in [0, 0.05) is 24.5 Å². The molecule has 1 aromatic rings. The molecule has 114 valence electrons. The van der Waals surface area contributed by atoms with E-state index in [0.29, 0.717) is 37.4 Å². The Morgan fingerprint density at radius 3 is 2.38 bits per heavy atom. The fourth-order valence-corrected chi connectivity index (χ4v) is 2.84. The van der Waals surface area contributed by atoms with Crippen molar-refractivity contribution in [1.82, 2.24) is 10.2 Å². The number of nitrogens with zero attached hydrogens (tertiary/aromatic N) is 1. The van der Waals surface area contributed by atoms with Crippen LogP contribution < -0.4 is 5.32 Å². The molecule has 1 fully saturated rings. The number of hydrogen-bond acceptors (Lipinski definition) is 2. The fraction of sp³-hybridized carbons (Fsp3) is 0.500. The van der Waals surface area contributed by atoms with Crippen LogP contribution in [0.15, 0.2) is 24.3 Å². The van der Waals surface area contributed by atoms with Crippen molar-refractivity contribution in [2.75, 3.05) is 6.54 Å².